The van der Waals surface area contributed by atoms with Crippen molar-refractivity contribution in [3.63, 3.8) is 0 Å². The second-order valence-corrected chi connectivity index (χ2v) is 4.80. The van der Waals surface area contributed by atoms with Crippen LogP contribution in [0.15, 0.2) is 12.1 Å². The van der Waals surface area contributed by atoms with Crippen LogP contribution >= 0.6 is 0 Å². The fourth-order valence-electron chi connectivity index (χ4n) is 2.44. The van der Waals surface area contributed by atoms with Crippen molar-refractivity contribution in [2.45, 2.75) is 31.6 Å². The summed E-state index contributed by atoms with van der Waals surface area (Å²) >= 11 is 0. The van der Waals surface area contributed by atoms with Gasteiger partial charge in [0.2, 0.25) is 0 Å². The van der Waals surface area contributed by atoms with Crippen LogP contribution in [-0.4, -0.2) is 43.0 Å². The van der Waals surface area contributed by atoms with Crippen LogP contribution in [0.5, 0.6) is 0 Å². The zero-order valence-electron chi connectivity index (χ0n) is 11.7. The van der Waals surface area contributed by atoms with Crippen LogP contribution < -0.4 is 5.32 Å². The van der Waals surface area contributed by atoms with Gasteiger partial charge in [0.25, 0.3) is 0 Å². The zero-order chi connectivity index (χ0) is 15.6. The molecular formula is C14H17F2NO4. The first-order valence-corrected chi connectivity index (χ1v) is 6.61. The van der Waals surface area contributed by atoms with Gasteiger partial charge in [-0.05, 0) is 19.4 Å². The van der Waals surface area contributed by atoms with E-state index >= 15 is 0 Å². The van der Waals surface area contributed by atoms with Crippen molar-refractivity contribution >= 4 is 11.7 Å². The minimum absolute atomic E-state index is 0.0594. The molecule has 2 rings (SSSR count). The minimum atomic E-state index is -1.44. The van der Waals surface area contributed by atoms with Crippen molar-refractivity contribution in [2.75, 3.05) is 19.0 Å². The van der Waals surface area contributed by atoms with Gasteiger partial charge in [-0.1, -0.05) is 0 Å². The summed E-state index contributed by atoms with van der Waals surface area (Å²) in [6.07, 6.45) is 0.258. The molecule has 7 heteroatoms. The summed E-state index contributed by atoms with van der Waals surface area (Å²) < 4.78 is 37.8. The molecule has 0 saturated heterocycles. The third-order valence-corrected chi connectivity index (χ3v) is 3.53. The van der Waals surface area contributed by atoms with E-state index in [4.69, 9.17) is 14.6 Å². The van der Waals surface area contributed by atoms with Gasteiger partial charge in [0, 0.05) is 19.8 Å². The Morgan fingerprint density at radius 3 is 2.71 bits per heavy atom. The van der Waals surface area contributed by atoms with E-state index in [1.165, 1.54) is 7.11 Å². The number of rotatable bonds is 6. The summed E-state index contributed by atoms with van der Waals surface area (Å²) in [5, 5.41) is 11.7. The minimum Gasteiger partial charge on any atom is -0.478 e. The molecule has 2 N–H and O–H groups in total. The lowest BCUT2D eigenvalue weighted by Gasteiger charge is -2.43. The van der Waals surface area contributed by atoms with Gasteiger partial charge in [-0.25, -0.2) is 13.6 Å². The average Bonchev–Trinajstić information content (AvgIpc) is 2.39. The van der Waals surface area contributed by atoms with Gasteiger partial charge >= 0.3 is 5.97 Å². The monoisotopic (exact) mass is 301 g/mol. The molecule has 0 heterocycles. The Labute approximate surface area is 120 Å². The standard InChI is InChI=1S/C14H17F2NO4/c1-3-21-12-6-11(13(12)20-2)17-10-4-7(14(18)19)8(15)5-9(10)16/h4-5,11-13,17H,3,6H2,1-2H3,(H,18,19). The molecule has 0 radical (unpaired) electrons. The van der Waals surface area contributed by atoms with Crippen LogP contribution in [0.3, 0.4) is 0 Å². The fourth-order valence-corrected chi connectivity index (χ4v) is 2.44. The van der Waals surface area contributed by atoms with Crippen LogP contribution in [0.25, 0.3) is 0 Å². The predicted molar refractivity (Wildman–Crippen MR) is 71.6 cm³/mol. The number of carbonyl (C=O) groups is 1. The molecule has 1 fully saturated rings. The van der Waals surface area contributed by atoms with E-state index in [0.717, 1.165) is 6.07 Å². The van der Waals surface area contributed by atoms with Gasteiger partial charge in [0.1, 0.15) is 17.7 Å². The van der Waals surface area contributed by atoms with Crippen molar-refractivity contribution in [1.29, 1.82) is 0 Å². The molecule has 116 valence electrons. The number of ether oxygens (including phenoxy) is 2. The molecule has 3 atom stereocenters. The maximum Gasteiger partial charge on any atom is 0.338 e. The molecule has 0 aliphatic heterocycles. The van der Waals surface area contributed by atoms with Crippen molar-refractivity contribution in [3.8, 4) is 0 Å². The first kappa shape index (κ1) is 15.7. The highest BCUT2D eigenvalue weighted by molar-refractivity contribution is 5.89. The van der Waals surface area contributed by atoms with Crippen molar-refractivity contribution in [2.24, 2.45) is 0 Å². The number of aromatic carboxylic acids is 1. The van der Waals surface area contributed by atoms with Crippen LogP contribution in [0, 0.1) is 11.6 Å². The average molecular weight is 301 g/mol. The van der Waals surface area contributed by atoms with Gasteiger partial charge in [-0.3, -0.25) is 0 Å². The van der Waals surface area contributed by atoms with E-state index in [-0.39, 0.29) is 23.9 Å². The summed E-state index contributed by atoms with van der Waals surface area (Å²) in [7, 11) is 1.52. The lowest BCUT2D eigenvalue weighted by Crippen LogP contribution is -2.56. The van der Waals surface area contributed by atoms with Crippen LogP contribution in [0.2, 0.25) is 0 Å². The Kier molecular flexibility index (Phi) is 4.74. The Morgan fingerprint density at radius 2 is 2.14 bits per heavy atom. The van der Waals surface area contributed by atoms with E-state index in [1.54, 1.807) is 0 Å². The van der Waals surface area contributed by atoms with Crippen molar-refractivity contribution in [3.05, 3.63) is 29.3 Å². The van der Waals surface area contributed by atoms with Gasteiger partial charge in [-0.2, -0.15) is 0 Å². The molecule has 5 nitrogen and oxygen atoms in total. The van der Waals surface area contributed by atoms with E-state index in [9.17, 15) is 13.6 Å². The molecule has 1 aliphatic rings. The highest BCUT2D eigenvalue weighted by Crippen LogP contribution is 2.31. The van der Waals surface area contributed by atoms with Crippen LogP contribution in [0.4, 0.5) is 14.5 Å². The number of hydrogen-bond donors (Lipinski definition) is 2. The number of anilines is 1. The summed E-state index contributed by atoms with van der Waals surface area (Å²) in [6, 6.07) is 1.30. The Hall–Kier alpha value is -1.73. The second kappa shape index (κ2) is 6.36. The number of nitrogens with one attached hydrogen (secondary N) is 1. The Morgan fingerprint density at radius 1 is 1.43 bits per heavy atom. The number of carboxylic acids is 1. The van der Waals surface area contributed by atoms with E-state index in [1.807, 2.05) is 6.92 Å². The van der Waals surface area contributed by atoms with Gasteiger partial charge in [0.15, 0.2) is 0 Å². The van der Waals surface area contributed by atoms with Crippen molar-refractivity contribution < 1.29 is 28.2 Å². The number of benzene rings is 1. The summed E-state index contributed by atoms with van der Waals surface area (Å²) in [5.74, 6) is -3.39. The van der Waals surface area contributed by atoms with Gasteiger partial charge < -0.3 is 19.9 Å². The second-order valence-electron chi connectivity index (χ2n) is 4.80. The predicted octanol–water partition coefficient (Wildman–Crippen LogP) is 2.27. The maximum atomic E-state index is 13.7. The van der Waals surface area contributed by atoms with Gasteiger partial charge in [-0.15, -0.1) is 0 Å². The topological polar surface area (TPSA) is 67.8 Å². The first-order valence-electron chi connectivity index (χ1n) is 6.61. The molecular weight excluding hydrogens is 284 g/mol. The number of halogens is 2. The van der Waals surface area contributed by atoms with E-state index < -0.39 is 23.2 Å². The normalized spacial score (nSPS) is 24.5. The summed E-state index contributed by atoms with van der Waals surface area (Å²) in [5.41, 5.74) is -0.635. The maximum absolute atomic E-state index is 13.7. The molecule has 0 amide bonds. The summed E-state index contributed by atoms with van der Waals surface area (Å²) in [4.78, 5) is 10.9. The molecule has 21 heavy (non-hydrogen) atoms. The molecule has 1 saturated carbocycles. The van der Waals surface area contributed by atoms with E-state index in [2.05, 4.69) is 5.32 Å². The van der Waals surface area contributed by atoms with Crippen LogP contribution in [-0.2, 0) is 9.47 Å². The molecule has 0 bridgehead atoms. The highest BCUT2D eigenvalue weighted by atomic mass is 19.1. The SMILES string of the molecule is CCOC1CC(Nc2cc(C(=O)O)c(F)cc2F)C1OC. The summed E-state index contributed by atoms with van der Waals surface area (Å²) in [6.45, 7) is 2.41. The zero-order valence-corrected chi connectivity index (χ0v) is 11.7. The fraction of sp³-hybridized carbons (Fsp3) is 0.500. The molecule has 3 unspecified atom stereocenters. The lowest BCUT2D eigenvalue weighted by molar-refractivity contribution is -0.118. The largest absolute Gasteiger partial charge is 0.478 e. The lowest BCUT2D eigenvalue weighted by atomic mass is 9.85. The molecule has 1 aromatic carbocycles. The van der Waals surface area contributed by atoms with Crippen molar-refractivity contribution in [1.82, 2.24) is 0 Å². The number of carboxylic acid groups (broad SMARTS) is 1. The van der Waals surface area contributed by atoms with Gasteiger partial charge in [0.05, 0.1) is 23.4 Å². The molecule has 0 spiro atoms. The Bertz CT molecular complexity index is 538. The number of hydrogen-bond acceptors (Lipinski definition) is 4. The smallest absolute Gasteiger partial charge is 0.338 e. The third kappa shape index (κ3) is 3.14. The Balaban J connectivity index is 2.13. The quantitative estimate of drug-likeness (QED) is 0.843. The molecule has 1 aliphatic carbocycles. The number of methoxy groups -OCH3 is 1. The molecule has 0 aromatic heterocycles. The third-order valence-electron chi connectivity index (χ3n) is 3.53. The van der Waals surface area contributed by atoms with Crippen LogP contribution in [0.1, 0.15) is 23.7 Å². The van der Waals surface area contributed by atoms with E-state index in [0.29, 0.717) is 19.1 Å². The highest BCUT2D eigenvalue weighted by Gasteiger charge is 2.42. The molecule has 1 aromatic rings. The first-order chi connectivity index (χ1) is 9.97.